The SMILES string of the molecule is Cc1c(C(=O)OCC(=O)Nc2ccc(Br)cc2)cnn1C. The first-order valence-electron chi connectivity index (χ1n) is 6.18. The van der Waals surface area contributed by atoms with Gasteiger partial charge in [-0.05, 0) is 31.2 Å². The van der Waals surface area contributed by atoms with Crippen LogP contribution in [-0.2, 0) is 16.6 Å². The Morgan fingerprint density at radius 2 is 2.00 bits per heavy atom. The van der Waals surface area contributed by atoms with Crippen molar-refractivity contribution in [3.05, 3.63) is 46.2 Å². The van der Waals surface area contributed by atoms with Gasteiger partial charge < -0.3 is 10.1 Å². The highest BCUT2D eigenvalue weighted by Crippen LogP contribution is 2.14. The van der Waals surface area contributed by atoms with Crippen LogP contribution < -0.4 is 5.32 Å². The van der Waals surface area contributed by atoms with Gasteiger partial charge in [0.15, 0.2) is 6.61 Å². The van der Waals surface area contributed by atoms with Gasteiger partial charge in [-0.25, -0.2) is 4.79 Å². The van der Waals surface area contributed by atoms with Crippen LogP contribution in [0.5, 0.6) is 0 Å². The minimum absolute atomic E-state index is 0.344. The Morgan fingerprint density at radius 1 is 1.33 bits per heavy atom. The van der Waals surface area contributed by atoms with Gasteiger partial charge in [0, 0.05) is 22.9 Å². The number of ether oxygens (including phenoxy) is 1. The second-order valence-corrected chi connectivity index (χ2v) is 5.31. The molecule has 6 nitrogen and oxygen atoms in total. The van der Waals surface area contributed by atoms with Gasteiger partial charge >= 0.3 is 5.97 Å². The maximum Gasteiger partial charge on any atom is 0.342 e. The summed E-state index contributed by atoms with van der Waals surface area (Å²) in [7, 11) is 1.73. The standard InChI is InChI=1S/C14H14BrN3O3/c1-9-12(7-16-18(9)2)14(20)21-8-13(19)17-11-5-3-10(15)4-6-11/h3-7H,8H2,1-2H3,(H,17,19). The Kier molecular flexibility index (Phi) is 4.74. The Balaban J connectivity index is 1.88. The topological polar surface area (TPSA) is 73.2 Å². The van der Waals surface area contributed by atoms with Gasteiger partial charge in [-0.3, -0.25) is 9.48 Å². The smallest absolute Gasteiger partial charge is 0.342 e. The van der Waals surface area contributed by atoms with Gasteiger partial charge in [0.25, 0.3) is 5.91 Å². The van der Waals surface area contributed by atoms with Crippen LogP contribution >= 0.6 is 15.9 Å². The largest absolute Gasteiger partial charge is 0.452 e. The Labute approximate surface area is 130 Å². The summed E-state index contributed by atoms with van der Waals surface area (Å²) in [6, 6.07) is 7.10. The summed E-state index contributed by atoms with van der Waals surface area (Å²) < 4.78 is 7.45. The first-order chi connectivity index (χ1) is 9.97. The number of aromatic nitrogens is 2. The Bertz CT molecular complexity index is 665. The van der Waals surface area contributed by atoms with Crippen molar-refractivity contribution in [3.8, 4) is 0 Å². The van der Waals surface area contributed by atoms with Crippen molar-refractivity contribution in [3.63, 3.8) is 0 Å². The second-order valence-electron chi connectivity index (χ2n) is 4.40. The van der Waals surface area contributed by atoms with Crippen molar-refractivity contribution in [2.24, 2.45) is 7.05 Å². The average molecular weight is 352 g/mol. The van der Waals surface area contributed by atoms with Crippen LogP contribution in [0, 0.1) is 6.92 Å². The quantitative estimate of drug-likeness (QED) is 0.857. The van der Waals surface area contributed by atoms with E-state index in [1.54, 1.807) is 42.9 Å². The van der Waals surface area contributed by atoms with Crippen LogP contribution in [0.3, 0.4) is 0 Å². The van der Waals surface area contributed by atoms with Crippen molar-refractivity contribution in [2.75, 3.05) is 11.9 Å². The van der Waals surface area contributed by atoms with Crippen molar-refractivity contribution in [1.82, 2.24) is 9.78 Å². The van der Waals surface area contributed by atoms with E-state index in [1.807, 2.05) is 0 Å². The molecule has 0 aliphatic heterocycles. The van der Waals surface area contributed by atoms with Gasteiger partial charge in [0.05, 0.1) is 6.20 Å². The van der Waals surface area contributed by atoms with Crippen molar-refractivity contribution < 1.29 is 14.3 Å². The lowest BCUT2D eigenvalue weighted by molar-refractivity contribution is -0.119. The number of amides is 1. The number of benzene rings is 1. The molecular weight excluding hydrogens is 338 g/mol. The fourth-order valence-electron chi connectivity index (χ4n) is 1.64. The summed E-state index contributed by atoms with van der Waals surface area (Å²) in [4.78, 5) is 23.5. The second kappa shape index (κ2) is 6.53. The minimum Gasteiger partial charge on any atom is -0.452 e. The zero-order chi connectivity index (χ0) is 15.4. The molecule has 1 aromatic heterocycles. The molecule has 0 bridgehead atoms. The van der Waals surface area contributed by atoms with Crippen LogP contribution in [0.15, 0.2) is 34.9 Å². The maximum atomic E-state index is 11.8. The number of hydrogen-bond donors (Lipinski definition) is 1. The highest BCUT2D eigenvalue weighted by atomic mass is 79.9. The van der Waals surface area contributed by atoms with Gasteiger partial charge in [0.2, 0.25) is 0 Å². The number of esters is 1. The number of halogens is 1. The van der Waals surface area contributed by atoms with Crippen molar-refractivity contribution in [1.29, 1.82) is 0 Å². The van der Waals surface area contributed by atoms with Crippen molar-refractivity contribution in [2.45, 2.75) is 6.92 Å². The maximum absolute atomic E-state index is 11.8. The molecule has 1 aromatic carbocycles. The number of carbonyl (C=O) groups is 2. The van der Waals surface area contributed by atoms with Gasteiger partial charge in [0.1, 0.15) is 5.56 Å². The summed E-state index contributed by atoms with van der Waals surface area (Å²) in [6.45, 7) is 1.41. The molecule has 2 aromatic rings. The molecule has 1 N–H and O–H groups in total. The molecule has 0 radical (unpaired) electrons. The van der Waals surface area contributed by atoms with Crippen LogP contribution in [0.2, 0.25) is 0 Å². The zero-order valence-electron chi connectivity index (χ0n) is 11.6. The monoisotopic (exact) mass is 351 g/mol. The third kappa shape index (κ3) is 3.91. The first kappa shape index (κ1) is 15.2. The molecule has 0 aliphatic carbocycles. The summed E-state index contributed by atoms with van der Waals surface area (Å²) >= 11 is 3.31. The molecule has 21 heavy (non-hydrogen) atoms. The summed E-state index contributed by atoms with van der Waals surface area (Å²) in [5.41, 5.74) is 1.68. The van der Waals surface area contributed by atoms with Crippen LogP contribution in [0.25, 0.3) is 0 Å². The molecule has 0 fully saturated rings. The van der Waals surface area contributed by atoms with E-state index < -0.39 is 11.9 Å². The molecule has 0 saturated carbocycles. The van der Waals surface area contributed by atoms with E-state index in [-0.39, 0.29) is 6.61 Å². The van der Waals surface area contributed by atoms with E-state index >= 15 is 0 Å². The number of carbonyl (C=O) groups excluding carboxylic acids is 2. The van der Waals surface area contributed by atoms with Crippen LogP contribution in [0.1, 0.15) is 16.1 Å². The molecular formula is C14H14BrN3O3. The fraction of sp³-hybridized carbons (Fsp3) is 0.214. The van der Waals surface area contributed by atoms with Crippen LogP contribution in [0.4, 0.5) is 5.69 Å². The molecule has 0 atom stereocenters. The van der Waals surface area contributed by atoms with E-state index in [2.05, 4.69) is 26.3 Å². The average Bonchev–Trinajstić information content (AvgIpc) is 2.79. The highest BCUT2D eigenvalue weighted by Gasteiger charge is 2.15. The summed E-state index contributed by atoms with van der Waals surface area (Å²) in [5, 5.41) is 6.59. The minimum atomic E-state index is -0.563. The van der Waals surface area contributed by atoms with E-state index in [1.165, 1.54) is 6.20 Å². The van der Waals surface area contributed by atoms with E-state index in [9.17, 15) is 9.59 Å². The van der Waals surface area contributed by atoms with Crippen molar-refractivity contribution >= 4 is 33.5 Å². The molecule has 1 heterocycles. The summed E-state index contributed by atoms with van der Waals surface area (Å²) in [6.07, 6.45) is 1.42. The number of anilines is 1. The molecule has 7 heteroatoms. The summed E-state index contributed by atoms with van der Waals surface area (Å²) in [5.74, 6) is -0.959. The van der Waals surface area contributed by atoms with Gasteiger partial charge in [-0.1, -0.05) is 15.9 Å². The number of hydrogen-bond acceptors (Lipinski definition) is 4. The lowest BCUT2D eigenvalue weighted by Gasteiger charge is -2.06. The van der Waals surface area contributed by atoms with Crippen LogP contribution in [-0.4, -0.2) is 28.3 Å². The molecule has 0 aliphatic rings. The first-order valence-corrected chi connectivity index (χ1v) is 6.98. The van der Waals surface area contributed by atoms with Gasteiger partial charge in [-0.2, -0.15) is 5.10 Å². The molecule has 0 spiro atoms. The Hall–Kier alpha value is -2.15. The molecule has 2 rings (SSSR count). The molecule has 0 unspecified atom stereocenters. The molecule has 1 amide bonds. The predicted octanol–water partition coefficient (Wildman–Crippen LogP) is 2.29. The normalized spacial score (nSPS) is 10.2. The number of nitrogens with one attached hydrogen (secondary N) is 1. The molecule has 110 valence electrons. The fourth-order valence-corrected chi connectivity index (χ4v) is 1.90. The van der Waals surface area contributed by atoms with E-state index in [4.69, 9.17) is 4.74 Å². The lowest BCUT2D eigenvalue weighted by Crippen LogP contribution is -2.21. The predicted molar refractivity (Wildman–Crippen MR) is 81.0 cm³/mol. The Morgan fingerprint density at radius 3 is 2.57 bits per heavy atom. The number of aryl methyl sites for hydroxylation is 1. The zero-order valence-corrected chi connectivity index (χ0v) is 13.2. The third-order valence-electron chi connectivity index (χ3n) is 2.92. The highest BCUT2D eigenvalue weighted by molar-refractivity contribution is 9.10. The lowest BCUT2D eigenvalue weighted by atomic mass is 10.3. The van der Waals surface area contributed by atoms with E-state index in [0.717, 1.165) is 4.47 Å². The number of nitrogens with zero attached hydrogens (tertiary/aromatic N) is 2. The van der Waals surface area contributed by atoms with Gasteiger partial charge in [-0.15, -0.1) is 0 Å². The van der Waals surface area contributed by atoms with E-state index in [0.29, 0.717) is 16.9 Å². The molecule has 0 saturated heterocycles. The third-order valence-corrected chi connectivity index (χ3v) is 3.45. The number of rotatable bonds is 4.